The van der Waals surface area contributed by atoms with Gasteiger partial charge >= 0.3 is 0 Å². The third kappa shape index (κ3) is 1.29. The summed E-state index contributed by atoms with van der Waals surface area (Å²) in [5, 5.41) is 0. The van der Waals surface area contributed by atoms with Gasteiger partial charge in [0.2, 0.25) is 0 Å². The topological polar surface area (TPSA) is 18.5 Å². The van der Waals surface area contributed by atoms with Gasteiger partial charge in [-0.05, 0) is 75.5 Å². The third-order valence-corrected chi connectivity index (χ3v) is 6.23. The molecule has 0 amide bonds. The lowest BCUT2D eigenvalue weighted by Crippen LogP contribution is -2.43. The van der Waals surface area contributed by atoms with E-state index < -0.39 is 0 Å². The zero-order chi connectivity index (χ0) is 11.7. The minimum atomic E-state index is -0.00940. The van der Waals surface area contributed by atoms with Crippen LogP contribution in [-0.4, -0.2) is 18.5 Å². The molecule has 2 heteroatoms. The Kier molecular flexibility index (Phi) is 2.08. The average Bonchev–Trinajstić information content (AvgIpc) is 2.55. The van der Waals surface area contributed by atoms with Crippen LogP contribution < -0.4 is 0 Å². The first-order chi connectivity index (χ1) is 8.16. The number of hydrogen-bond acceptors (Lipinski definition) is 2. The van der Waals surface area contributed by atoms with E-state index in [9.17, 15) is 0 Å². The fourth-order valence-electron chi connectivity index (χ4n) is 6.04. The first-order valence-electron chi connectivity index (χ1n) is 7.45. The lowest BCUT2D eigenvalue weighted by molar-refractivity contribution is -0.209. The van der Waals surface area contributed by atoms with Crippen LogP contribution >= 0.6 is 0 Å². The van der Waals surface area contributed by atoms with E-state index in [1.165, 1.54) is 38.5 Å². The normalized spacial score (nSPS) is 55.8. The van der Waals surface area contributed by atoms with Gasteiger partial charge in [0.1, 0.15) is 0 Å². The van der Waals surface area contributed by atoms with Crippen LogP contribution in [0.1, 0.15) is 52.4 Å². The Labute approximate surface area is 104 Å². The Morgan fingerprint density at radius 2 is 2.06 bits per heavy atom. The van der Waals surface area contributed by atoms with Gasteiger partial charge in [-0.15, -0.1) is 0 Å². The van der Waals surface area contributed by atoms with Crippen LogP contribution in [0.15, 0.2) is 0 Å². The average molecular weight is 236 g/mol. The molecule has 4 saturated carbocycles. The molecule has 0 N–H and O–H groups in total. The SMILES string of the molecule is CCOC(C)OC12CC3CC4CC(C1)C4(C3)C2. The van der Waals surface area contributed by atoms with Crippen LogP contribution in [0, 0.1) is 23.2 Å². The fourth-order valence-corrected chi connectivity index (χ4v) is 6.04. The van der Waals surface area contributed by atoms with Crippen LogP contribution in [0.3, 0.4) is 0 Å². The third-order valence-electron chi connectivity index (χ3n) is 6.23. The molecule has 0 aliphatic heterocycles. The molecule has 4 rings (SSSR count). The Morgan fingerprint density at radius 1 is 1.18 bits per heavy atom. The maximum Gasteiger partial charge on any atom is 0.155 e. The zero-order valence-corrected chi connectivity index (χ0v) is 11.1. The molecular formula is C15H24O2. The molecule has 4 fully saturated rings. The molecular weight excluding hydrogens is 212 g/mol. The lowest BCUT2D eigenvalue weighted by Gasteiger charge is -2.49. The van der Waals surface area contributed by atoms with Crippen molar-refractivity contribution in [3.05, 3.63) is 0 Å². The van der Waals surface area contributed by atoms with Gasteiger partial charge in [-0.1, -0.05) is 0 Å². The number of ether oxygens (including phenoxy) is 2. The van der Waals surface area contributed by atoms with Crippen molar-refractivity contribution in [1.29, 1.82) is 0 Å². The summed E-state index contributed by atoms with van der Waals surface area (Å²) >= 11 is 0. The Hall–Kier alpha value is -0.0800. The summed E-state index contributed by atoms with van der Waals surface area (Å²) in [6, 6.07) is 0. The predicted octanol–water partition coefficient (Wildman–Crippen LogP) is 3.35. The van der Waals surface area contributed by atoms with Gasteiger partial charge in [-0.2, -0.15) is 0 Å². The molecule has 1 spiro atoms. The highest BCUT2D eigenvalue weighted by molar-refractivity contribution is 5.21. The highest BCUT2D eigenvalue weighted by Gasteiger charge is 2.71. The van der Waals surface area contributed by atoms with Crippen LogP contribution in [0.5, 0.6) is 0 Å². The van der Waals surface area contributed by atoms with Crippen molar-refractivity contribution in [2.45, 2.75) is 64.3 Å². The first kappa shape index (κ1) is 10.8. The van der Waals surface area contributed by atoms with E-state index in [1.54, 1.807) is 0 Å². The summed E-state index contributed by atoms with van der Waals surface area (Å²) in [4.78, 5) is 0. The smallest absolute Gasteiger partial charge is 0.155 e. The first-order valence-corrected chi connectivity index (χ1v) is 7.45. The van der Waals surface area contributed by atoms with Gasteiger partial charge in [-0.25, -0.2) is 0 Å². The maximum absolute atomic E-state index is 6.36. The second kappa shape index (κ2) is 3.27. The monoisotopic (exact) mass is 236 g/mol. The van der Waals surface area contributed by atoms with Gasteiger partial charge in [-0.3, -0.25) is 0 Å². The number of fused-ring (bicyclic) bond motifs is 2. The summed E-state index contributed by atoms with van der Waals surface area (Å²) in [6.45, 7) is 4.89. The van der Waals surface area contributed by atoms with E-state index in [0.717, 1.165) is 29.8 Å². The van der Waals surface area contributed by atoms with E-state index in [-0.39, 0.29) is 11.9 Å². The van der Waals surface area contributed by atoms with Crippen LogP contribution in [0.4, 0.5) is 0 Å². The van der Waals surface area contributed by atoms with E-state index >= 15 is 0 Å². The van der Waals surface area contributed by atoms with E-state index in [4.69, 9.17) is 9.47 Å². The van der Waals surface area contributed by atoms with Gasteiger partial charge in [0.25, 0.3) is 0 Å². The van der Waals surface area contributed by atoms with Gasteiger partial charge in [0, 0.05) is 6.61 Å². The molecule has 17 heavy (non-hydrogen) atoms. The van der Waals surface area contributed by atoms with Gasteiger partial charge in [0.05, 0.1) is 5.60 Å². The summed E-state index contributed by atoms with van der Waals surface area (Å²) in [5.74, 6) is 3.02. The van der Waals surface area contributed by atoms with Crippen LogP contribution in [0.2, 0.25) is 0 Å². The Morgan fingerprint density at radius 3 is 2.88 bits per heavy atom. The van der Waals surface area contributed by atoms with E-state index in [0.29, 0.717) is 0 Å². The van der Waals surface area contributed by atoms with Crippen LogP contribution in [-0.2, 0) is 9.47 Å². The van der Waals surface area contributed by atoms with Crippen molar-refractivity contribution in [1.82, 2.24) is 0 Å². The second-order valence-electron chi connectivity index (χ2n) is 7.08. The van der Waals surface area contributed by atoms with Crippen molar-refractivity contribution < 1.29 is 9.47 Å². The standard InChI is InChI=1S/C15H24O2/c1-3-16-10(2)17-14-6-11-4-12-5-13(8-14)15(12,7-11)9-14/h10-13H,3-9H2,1-2H3. The van der Waals surface area contributed by atoms with Crippen molar-refractivity contribution >= 4 is 0 Å². The summed E-state index contributed by atoms with van der Waals surface area (Å²) in [6.07, 6.45) is 8.52. The van der Waals surface area contributed by atoms with Crippen molar-refractivity contribution in [3.63, 3.8) is 0 Å². The maximum atomic E-state index is 6.36. The van der Waals surface area contributed by atoms with Crippen molar-refractivity contribution in [2.24, 2.45) is 23.2 Å². The quantitative estimate of drug-likeness (QED) is 0.697. The zero-order valence-electron chi connectivity index (χ0n) is 11.1. The summed E-state index contributed by atoms with van der Waals surface area (Å²) < 4.78 is 12.0. The number of hydrogen-bond donors (Lipinski definition) is 0. The lowest BCUT2D eigenvalue weighted by atomic mass is 9.56. The van der Waals surface area contributed by atoms with E-state index in [1.807, 2.05) is 0 Å². The molecule has 96 valence electrons. The van der Waals surface area contributed by atoms with Crippen LogP contribution in [0.25, 0.3) is 0 Å². The van der Waals surface area contributed by atoms with Crippen molar-refractivity contribution in [2.75, 3.05) is 6.61 Å². The molecule has 0 saturated heterocycles. The second-order valence-corrected chi connectivity index (χ2v) is 7.08. The Bertz CT molecular complexity index is 338. The molecule has 4 aliphatic rings. The Balaban J connectivity index is 1.56. The summed E-state index contributed by atoms with van der Waals surface area (Å²) in [5.41, 5.74) is 0.933. The minimum Gasteiger partial charge on any atom is -0.353 e. The molecule has 6 unspecified atom stereocenters. The molecule has 0 aromatic rings. The van der Waals surface area contributed by atoms with Crippen molar-refractivity contribution in [3.8, 4) is 0 Å². The molecule has 0 heterocycles. The molecule has 0 aromatic heterocycles. The molecule has 3 bridgehead atoms. The highest BCUT2D eigenvalue weighted by Crippen LogP contribution is 2.77. The molecule has 0 radical (unpaired) electrons. The van der Waals surface area contributed by atoms with E-state index in [2.05, 4.69) is 13.8 Å². The highest BCUT2D eigenvalue weighted by atomic mass is 16.7. The van der Waals surface area contributed by atoms with Gasteiger partial charge < -0.3 is 9.47 Å². The van der Waals surface area contributed by atoms with Gasteiger partial charge in [0.15, 0.2) is 6.29 Å². The minimum absolute atomic E-state index is 0.00940. The molecule has 6 atom stereocenters. The largest absolute Gasteiger partial charge is 0.353 e. The molecule has 2 nitrogen and oxygen atoms in total. The fraction of sp³-hybridized carbons (Fsp3) is 1.00. The predicted molar refractivity (Wildman–Crippen MR) is 65.5 cm³/mol. The number of rotatable bonds is 4. The molecule has 0 aromatic carbocycles. The molecule has 4 aliphatic carbocycles. The summed E-state index contributed by atoms with van der Waals surface area (Å²) in [7, 11) is 0.